The lowest BCUT2D eigenvalue weighted by Crippen LogP contribution is -2.46. The maximum Gasteiger partial charge on any atom is 0.410 e. The van der Waals surface area contributed by atoms with Gasteiger partial charge in [-0.25, -0.2) is 13.6 Å². The minimum absolute atomic E-state index is 0.0528. The molecule has 1 aromatic carbocycles. The number of benzene rings is 1. The van der Waals surface area contributed by atoms with E-state index in [4.69, 9.17) is 4.74 Å². The second-order valence-corrected chi connectivity index (χ2v) is 8.95. The third-order valence-corrected chi connectivity index (χ3v) is 5.59. The van der Waals surface area contributed by atoms with Crippen molar-refractivity contribution in [1.29, 1.82) is 0 Å². The second kappa shape index (κ2) is 8.53. The number of hydrogen-bond acceptors (Lipinski definition) is 5. The molecule has 3 atom stereocenters. The summed E-state index contributed by atoms with van der Waals surface area (Å²) in [5.41, 5.74) is -0.150. The van der Waals surface area contributed by atoms with Crippen molar-refractivity contribution in [3.8, 4) is 0 Å². The topological polar surface area (TPSA) is 82.0 Å². The van der Waals surface area contributed by atoms with E-state index in [2.05, 4.69) is 5.32 Å². The summed E-state index contributed by atoms with van der Waals surface area (Å²) in [5.74, 6) is -2.17. The Kier molecular flexibility index (Phi) is 6.45. The molecule has 0 radical (unpaired) electrons. The van der Waals surface area contributed by atoms with E-state index >= 15 is 0 Å². The van der Waals surface area contributed by atoms with Crippen molar-refractivity contribution in [3.05, 3.63) is 34.9 Å². The molecule has 0 saturated carbocycles. The molecule has 162 valence electrons. The van der Waals surface area contributed by atoms with E-state index in [0.717, 1.165) is 0 Å². The van der Waals surface area contributed by atoms with Gasteiger partial charge in [-0.05, 0) is 70.1 Å². The number of likely N-dealkylation sites (tertiary alicyclic amines) is 1. The number of aliphatic hydroxyl groups excluding tert-OH is 2. The molecule has 1 amide bonds. The fraction of sp³-hybridized carbons (Fsp3) is 0.667. The Morgan fingerprint density at radius 1 is 1.10 bits per heavy atom. The molecule has 2 aliphatic rings. The average molecular weight is 412 g/mol. The standard InChI is InChI=1S/C21H30F2N2O4/c1-21(2,3)29-20(28)25-8-6-12(7-9-25)13-10-15(22)18(16(23)11-13)14-4-5-17(26)24-19(14)27/h10-12,14,17,19,24,26-27H,4-9H2,1-3H3. The fourth-order valence-electron chi connectivity index (χ4n) is 4.11. The summed E-state index contributed by atoms with van der Waals surface area (Å²) >= 11 is 0. The van der Waals surface area contributed by atoms with Crippen molar-refractivity contribution in [3.63, 3.8) is 0 Å². The van der Waals surface area contributed by atoms with E-state index < -0.39 is 35.6 Å². The summed E-state index contributed by atoms with van der Waals surface area (Å²) in [6.07, 6.45) is -0.659. The maximum atomic E-state index is 14.8. The van der Waals surface area contributed by atoms with E-state index in [1.54, 1.807) is 4.90 Å². The first-order chi connectivity index (χ1) is 13.5. The molecule has 2 aliphatic heterocycles. The van der Waals surface area contributed by atoms with E-state index in [-0.39, 0.29) is 24.0 Å². The number of halogens is 2. The van der Waals surface area contributed by atoms with Crippen LogP contribution in [-0.2, 0) is 4.74 Å². The highest BCUT2D eigenvalue weighted by Crippen LogP contribution is 2.36. The van der Waals surface area contributed by atoms with E-state index in [9.17, 15) is 23.8 Å². The molecule has 3 N–H and O–H groups in total. The van der Waals surface area contributed by atoms with Crippen molar-refractivity contribution >= 4 is 6.09 Å². The molecule has 3 rings (SSSR count). The van der Waals surface area contributed by atoms with Crippen molar-refractivity contribution in [1.82, 2.24) is 10.2 Å². The highest BCUT2D eigenvalue weighted by atomic mass is 19.1. The molecule has 0 spiro atoms. The highest BCUT2D eigenvalue weighted by Gasteiger charge is 2.34. The lowest BCUT2D eigenvalue weighted by Gasteiger charge is -2.34. The number of nitrogens with one attached hydrogen (secondary N) is 1. The molecule has 29 heavy (non-hydrogen) atoms. The first kappa shape index (κ1) is 21.9. The SMILES string of the molecule is CC(C)(C)OC(=O)N1CCC(c2cc(F)c(C3CCC(O)NC3O)c(F)c2)CC1. The number of carbonyl (C=O) groups is 1. The van der Waals surface area contributed by atoms with Crippen LogP contribution in [0.1, 0.15) is 69.4 Å². The van der Waals surface area contributed by atoms with Crippen LogP contribution in [0.2, 0.25) is 0 Å². The zero-order valence-corrected chi connectivity index (χ0v) is 17.1. The van der Waals surface area contributed by atoms with Crippen LogP contribution in [0.15, 0.2) is 12.1 Å². The Balaban J connectivity index is 1.68. The Bertz CT molecular complexity index is 722. The lowest BCUT2D eigenvalue weighted by molar-refractivity contribution is -0.0116. The number of ether oxygens (including phenoxy) is 1. The van der Waals surface area contributed by atoms with Gasteiger partial charge in [0.05, 0.1) is 0 Å². The first-order valence-electron chi connectivity index (χ1n) is 10.1. The largest absolute Gasteiger partial charge is 0.444 e. The van der Waals surface area contributed by atoms with Gasteiger partial charge in [0.2, 0.25) is 0 Å². The van der Waals surface area contributed by atoms with Gasteiger partial charge in [-0.15, -0.1) is 0 Å². The van der Waals surface area contributed by atoms with Crippen LogP contribution in [0, 0.1) is 11.6 Å². The molecular weight excluding hydrogens is 382 g/mol. The smallest absolute Gasteiger partial charge is 0.410 e. The van der Waals surface area contributed by atoms with Gasteiger partial charge in [-0.3, -0.25) is 5.32 Å². The molecule has 2 heterocycles. The van der Waals surface area contributed by atoms with Crippen LogP contribution < -0.4 is 5.32 Å². The van der Waals surface area contributed by atoms with E-state index in [1.807, 2.05) is 20.8 Å². The molecule has 0 aromatic heterocycles. The van der Waals surface area contributed by atoms with Crippen LogP contribution >= 0.6 is 0 Å². The minimum atomic E-state index is -1.20. The lowest BCUT2D eigenvalue weighted by atomic mass is 9.84. The van der Waals surface area contributed by atoms with Gasteiger partial charge >= 0.3 is 6.09 Å². The molecule has 8 heteroatoms. The van der Waals surface area contributed by atoms with Crippen molar-refractivity contribution in [2.24, 2.45) is 0 Å². The van der Waals surface area contributed by atoms with Gasteiger partial charge in [0, 0.05) is 24.6 Å². The Labute approximate surface area is 169 Å². The van der Waals surface area contributed by atoms with Gasteiger partial charge in [-0.2, -0.15) is 0 Å². The summed E-state index contributed by atoms with van der Waals surface area (Å²) in [6, 6.07) is 2.67. The zero-order chi connectivity index (χ0) is 21.3. The van der Waals surface area contributed by atoms with Crippen LogP contribution in [0.4, 0.5) is 13.6 Å². The molecule has 0 bridgehead atoms. The number of aliphatic hydroxyl groups is 2. The molecule has 1 aromatic rings. The monoisotopic (exact) mass is 412 g/mol. The van der Waals surface area contributed by atoms with Gasteiger partial charge < -0.3 is 19.8 Å². The number of rotatable bonds is 2. The third-order valence-electron chi connectivity index (χ3n) is 5.59. The molecule has 2 fully saturated rings. The van der Waals surface area contributed by atoms with Crippen LogP contribution in [-0.4, -0.2) is 52.4 Å². The van der Waals surface area contributed by atoms with Gasteiger partial charge in [0.15, 0.2) is 0 Å². The summed E-state index contributed by atoms with van der Waals surface area (Å²) in [6.45, 7) is 6.36. The highest BCUT2D eigenvalue weighted by molar-refractivity contribution is 5.68. The Hall–Kier alpha value is -1.77. The van der Waals surface area contributed by atoms with Crippen molar-refractivity contribution < 1.29 is 28.5 Å². The predicted octanol–water partition coefficient (Wildman–Crippen LogP) is 3.18. The molecule has 3 unspecified atom stereocenters. The fourth-order valence-corrected chi connectivity index (χ4v) is 4.11. The average Bonchev–Trinajstić information content (AvgIpc) is 2.61. The summed E-state index contributed by atoms with van der Waals surface area (Å²) in [4.78, 5) is 13.8. The maximum absolute atomic E-state index is 14.8. The minimum Gasteiger partial charge on any atom is -0.444 e. The van der Waals surface area contributed by atoms with Gasteiger partial charge in [0.1, 0.15) is 29.7 Å². The summed E-state index contributed by atoms with van der Waals surface area (Å²) in [5, 5.41) is 22.1. The van der Waals surface area contributed by atoms with Gasteiger partial charge in [-0.1, -0.05) is 0 Å². The number of piperidine rings is 2. The van der Waals surface area contributed by atoms with Crippen molar-refractivity contribution in [2.75, 3.05) is 13.1 Å². The second-order valence-electron chi connectivity index (χ2n) is 8.95. The van der Waals surface area contributed by atoms with Gasteiger partial charge in [0.25, 0.3) is 0 Å². The number of nitrogens with zero attached hydrogens (tertiary/aromatic N) is 1. The predicted molar refractivity (Wildman–Crippen MR) is 103 cm³/mol. The third kappa shape index (κ3) is 5.24. The quantitative estimate of drug-likeness (QED) is 0.695. The summed E-state index contributed by atoms with van der Waals surface area (Å²) < 4.78 is 34.9. The Morgan fingerprint density at radius 3 is 2.21 bits per heavy atom. The zero-order valence-electron chi connectivity index (χ0n) is 17.1. The Morgan fingerprint density at radius 2 is 1.69 bits per heavy atom. The van der Waals surface area contributed by atoms with Crippen LogP contribution in [0.3, 0.4) is 0 Å². The number of amides is 1. The van der Waals surface area contributed by atoms with Crippen molar-refractivity contribution in [2.45, 2.75) is 76.3 Å². The number of carbonyl (C=O) groups excluding carboxylic acids is 1. The van der Waals surface area contributed by atoms with E-state index in [1.165, 1.54) is 12.1 Å². The molecular formula is C21H30F2N2O4. The molecule has 6 nitrogen and oxygen atoms in total. The molecule has 2 saturated heterocycles. The molecule has 0 aliphatic carbocycles. The normalized spacial score (nSPS) is 26.4. The first-order valence-corrected chi connectivity index (χ1v) is 10.1. The van der Waals surface area contributed by atoms with Crippen LogP contribution in [0.25, 0.3) is 0 Å². The van der Waals surface area contributed by atoms with Crippen LogP contribution in [0.5, 0.6) is 0 Å². The van der Waals surface area contributed by atoms with E-state index in [0.29, 0.717) is 37.9 Å². The summed E-state index contributed by atoms with van der Waals surface area (Å²) in [7, 11) is 0. The number of hydrogen-bond donors (Lipinski definition) is 3.